The van der Waals surface area contributed by atoms with Crippen molar-refractivity contribution in [3.05, 3.63) is 88.4 Å². The van der Waals surface area contributed by atoms with Crippen LogP contribution in [0.1, 0.15) is 21.5 Å². The van der Waals surface area contributed by atoms with Crippen molar-refractivity contribution in [3.63, 3.8) is 0 Å². The molecule has 0 spiro atoms. The molecule has 0 radical (unpaired) electrons. The van der Waals surface area contributed by atoms with Crippen LogP contribution in [0.3, 0.4) is 0 Å². The molecule has 0 bridgehead atoms. The van der Waals surface area contributed by atoms with E-state index in [1.807, 2.05) is 36.4 Å². The first-order valence-electron chi connectivity index (χ1n) is 9.04. The number of anilines is 1. The highest BCUT2D eigenvalue weighted by Gasteiger charge is 2.25. The monoisotopic (exact) mass is 426 g/mol. The van der Waals surface area contributed by atoms with E-state index in [2.05, 4.69) is 16.9 Å². The molecule has 0 saturated carbocycles. The lowest BCUT2D eigenvalue weighted by atomic mass is 9.97. The van der Waals surface area contributed by atoms with E-state index in [9.17, 15) is 13.2 Å². The number of carbonyl (C=O) groups excluding carboxylic acids is 1. The largest absolute Gasteiger partial charge is 0.330 e. The number of carbonyl (C=O) groups is 1. The van der Waals surface area contributed by atoms with Crippen molar-refractivity contribution >= 4 is 33.2 Å². The Kier molecular flexibility index (Phi) is 5.06. The highest BCUT2D eigenvalue weighted by molar-refractivity contribution is 7.92. The predicted molar refractivity (Wildman–Crippen MR) is 115 cm³/mol. The van der Waals surface area contributed by atoms with Gasteiger partial charge in [0, 0.05) is 18.1 Å². The Morgan fingerprint density at radius 1 is 0.931 bits per heavy atom. The van der Waals surface area contributed by atoms with Crippen LogP contribution in [0.4, 0.5) is 5.69 Å². The van der Waals surface area contributed by atoms with Crippen LogP contribution >= 0.6 is 11.6 Å². The first-order valence-corrected chi connectivity index (χ1v) is 11.3. The maximum absolute atomic E-state index is 13.5. The molecule has 0 fully saturated rings. The fraction of sp³-hybridized carbons (Fsp3) is 0.136. The summed E-state index contributed by atoms with van der Waals surface area (Å²) in [4.78, 5) is 15.2. The van der Waals surface area contributed by atoms with Crippen LogP contribution in [0.15, 0.2) is 66.7 Å². The maximum Gasteiger partial charge on any atom is 0.256 e. The molecule has 0 aliphatic carbocycles. The summed E-state index contributed by atoms with van der Waals surface area (Å²) in [7, 11) is -3.55. The number of hydrogen-bond acceptors (Lipinski definition) is 3. The molecule has 5 nitrogen and oxygen atoms in total. The molecular formula is C22H19ClN2O3S. The highest BCUT2D eigenvalue weighted by Crippen LogP contribution is 2.34. The van der Waals surface area contributed by atoms with Crippen molar-refractivity contribution in [3.8, 4) is 11.1 Å². The van der Waals surface area contributed by atoms with Gasteiger partial charge in [0.15, 0.2) is 0 Å². The Morgan fingerprint density at radius 2 is 1.48 bits per heavy atom. The molecule has 29 heavy (non-hydrogen) atoms. The summed E-state index contributed by atoms with van der Waals surface area (Å²) in [6, 6.07) is 20.6. The van der Waals surface area contributed by atoms with E-state index in [-0.39, 0.29) is 17.2 Å². The Balaban J connectivity index is 1.79. The molecule has 1 amide bonds. The summed E-state index contributed by atoms with van der Waals surface area (Å²) in [5.74, 6) is -0.287. The van der Waals surface area contributed by atoms with Gasteiger partial charge in [0.05, 0.1) is 17.5 Å². The van der Waals surface area contributed by atoms with Gasteiger partial charge in [0.2, 0.25) is 10.0 Å². The normalized spacial score (nSPS) is 13.2. The fourth-order valence-corrected chi connectivity index (χ4v) is 4.35. The number of benzene rings is 3. The minimum Gasteiger partial charge on any atom is -0.330 e. The molecule has 0 saturated heterocycles. The second-order valence-electron chi connectivity index (χ2n) is 7.04. The smallest absolute Gasteiger partial charge is 0.256 e. The molecule has 1 aliphatic heterocycles. The zero-order valence-corrected chi connectivity index (χ0v) is 17.3. The lowest BCUT2D eigenvalue weighted by Crippen LogP contribution is -2.30. The van der Waals surface area contributed by atoms with Gasteiger partial charge in [-0.15, -0.1) is 0 Å². The molecule has 148 valence electrons. The molecular weight excluding hydrogens is 408 g/mol. The second kappa shape index (κ2) is 7.54. The van der Waals surface area contributed by atoms with Crippen LogP contribution in [0, 0.1) is 0 Å². The zero-order chi connectivity index (χ0) is 20.6. The van der Waals surface area contributed by atoms with E-state index in [1.54, 1.807) is 11.0 Å². The number of fused-ring (bicyclic) bond motifs is 3. The molecule has 4 rings (SSSR count). The molecule has 3 aromatic rings. The van der Waals surface area contributed by atoms with Crippen LogP contribution in [-0.2, 0) is 23.1 Å². The van der Waals surface area contributed by atoms with Gasteiger partial charge in [0.1, 0.15) is 0 Å². The van der Waals surface area contributed by atoms with E-state index >= 15 is 0 Å². The van der Waals surface area contributed by atoms with Crippen LogP contribution < -0.4 is 4.72 Å². The van der Waals surface area contributed by atoms with E-state index in [0.717, 1.165) is 28.5 Å². The van der Waals surface area contributed by atoms with Gasteiger partial charge in [-0.25, -0.2) is 8.42 Å². The van der Waals surface area contributed by atoms with Gasteiger partial charge in [-0.05, 0) is 40.5 Å². The van der Waals surface area contributed by atoms with Crippen molar-refractivity contribution in [1.82, 2.24) is 4.90 Å². The third kappa shape index (κ3) is 4.13. The van der Waals surface area contributed by atoms with Crippen LogP contribution in [0.5, 0.6) is 0 Å². The number of amides is 1. The van der Waals surface area contributed by atoms with Crippen molar-refractivity contribution < 1.29 is 13.2 Å². The van der Waals surface area contributed by atoms with Gasteiger partial charge >= 0.3 is 0 Å². The average molecular weight is 427 g/mol. The molecule has 0 atom stereocenters. The Labute approximate surface area is 175 Å². The van der Waals surface area contributed by atoms with Gasteiger partial charge in [-0.3, -0.25) is 9.52 Å². The van der Waals surface area contributed by atoms with E-state index in [1.165, 1.54) is 12.1 Å². The number of sulfonamides is 1. The Bertz CT molecular complexity index is 1160. The first kappa shape index (κ1) is 19.5. The minimum absolute atomic E-state index is 0.215. The molecule has 7 heteroatoms. The highest BCUT2D eigenvalue weighted by atomic mass is 35.5. The summed E-state index contributed by atoms with van der Waals surface area (Å²) in [5.41, 5.74) is 4.70. The minimum atomic E-state index is -3.55. The number of hydrogen-bond donors (Lipinski definition) is 1. The number of rotatable bonds is 3. The zero-order valence-electron chi connectivity index (χ0n) is 15.7. The standard InChI is InChI=1S/C22H19ClN2O3S/c1-29(27,28)24-21-11-10-17(23)12-20(21)22(26)25-13-15-6-2-4-8-18(15)19-9-5-3-7-16(19)14-25/h2-12,24H,13-14H2,1H3. The van der Waals surface area contributed by atoms with E-state index in [0.29, 0.717) is 18.1 Å². The number of nitrogens with zero attached hydrogens (tertiary/aromatic N) is 1. The molecule has 3 aromatic carbocycles. The molecule has 0 aromatic heterocycles. The number of nitrogens with one attached hydrogen (secondary N) is 1. The maximum atomic E-state index is 13.5. The Morgan fingerprint density at radius 3 is 2.03 bits per heavy atom. The van der Waals surface area contributed by atoms with Crippen molar-refractivity contribution in [2.75, 3.05) is 11.0 Å². The summed E-state index contributed by atoms with van der Waals surface area (Å²) >= 11 is 6.12. The van der Waals surface area contributed by atoms with Gasteiger partial charge < -0.3 is 4.90 Å². The lowest BCUT2D eigenvalue weighted by Gasteiger charge is -2.23. The summed E-state index contributed by atoms with van der Waals surface area (Å²) in [5, 5.41) is 0.364. The molecule has 1 aliphatic rings. The second-order valence-corrected chi connectivity index (χ2v) is 9.22. The molecule has 1 N–H and O–H groups in total. The number of halogens is 1. The molecule has 0 unspecified atom stereocenters. The predicted octanol–water partition coefficient (Wildman–Crippen LogP) is 4.53. The fourth-order valence-electron chi connectivity index (χ4n) is 3.61. The van der Waals surface area contributed by atoms with Crippen LogP contribution in [-0.4, -0.2) is 25.5 Å². The SMILES string of the molecule is CS(=O)(=O)Nc1ccc(Cl)cc1C(=O)N1Cc2ccccc2-c2ccccc2C1. The van der Waals surface area contributed by atoms with E-state index in [4.69, 9.17) is 11.6 Å². The summed E-state index contributed by atoms with van der Waals surface area (Å²) < 4.78 is 25.9. The van der Waals surface area contributed by atoms with Crippen LogP contribution in [0.2, 0.25) is 5.02 Å². The van der Waals surface area contributed by atoms with E-state index < -0.39 is 10.0 Å². The van der Waals surface area contributed by atoms with Gasteiger partial charge in [0.25, 0.3) is 5.91 Å². The topological polar surface area (TPSA) is 66.5 Å². The Hall–Kier alpha value is -2.83. The third-order valence-electron chi connectivity index (χ3n) is 4.84. The quantitative estimate of drug-likeness (QED) is 0.668. The lowest BCUT2D eigenvalue weighted by molar-refractivity contribution is 0.0733. The van der Waals surface area contributed by atoms with Gasteiger partial charge in [-0.2, -0.15) is 0 Å². The van der Waals surface area contributed by atoms with Crippen molar-refractivity contribution in [1.29, 1.82) is 0 Å². The average Bonchev–Trinajstić information content (AvgIpc) is 2.85. The van der Waals surface area contributed by atoms with Gasteiger partial charge in [-0.1, -0.05) is 60.1 Å². The third-order valence-corrected chi connectivity index (χ3v) is 5.67. The summed E-state index contributed by atoms with van der Waals surface area (Å²) in [6.45, 7) is 0.822. The summed E-state index contributed by atoms with van der Waals surface area (Å²) in [6.07, 6.45) is 1.05. The van der Waals surface area contributed by atoms with Crippen molar-refractivity contribution in [2.24, 2.45) is 0 Å². The molecule has 1 heterocycles. The first-order chi connectivity index (χ1) is 13.8. The van der Waals surface area contributed by atoms with Crippen LogP contribution in [0.25, 0.3) is 11.1 Å². The van der Waals surface area contributed by atoms with Crippen molar-refractivity contribution in [2.45, 2.75) is 13.1 Å².